The Labute approximate surface area is 747 Å². The highest BCUT2D eigenvalue weighted by Crippen LogP contribution is 2.38. The second-order valence-corrected chi connectivity index (χ2v) is 38.7. The van der Waals surface area contributed by atoms with Crippen LogP contribution in [0.3, 0.4) is 0 Å². The van der Waals surface area contributed by atoms with Crippen molar-refractivity contribution in [3.8, 4) is 74.7 Å². The summed E-state index contributed by atoms with van der Waals surface area (Å²) >= 11 is 0. The van der Waals surface area contributed by atoms with Gasteiger partial charge in [-0.25, -0.2) is 52.3 Å². The van der Waals surface area contributed by atoms with Crippen molar-refractivity contribution in [2.75, 3.05) is 39.3 Å². The molecule has 0 bridgehead atoms. The lowest BCUT2D eigenvalue weighted by molar-refractivity contribution is 0.0433. The van der Waals surface area contributed by atoms with Gasteiger partial charge in [0.25, 0.3) is 15.9 Å². The van der Waals surface area contributed by atoms with Crippen molar-refractivity contribution in [2.45, 2.75) is 248 Å². The summed E-state index contributed by atoms with van der Waals surface area (Å²) in [5.74, 6) is -7.07. The Morgan fingerprint density at radius 2 is 0.709 bits per heavy atom. The highest BCUT2D eigenvalue weighted by molar-refractivity contribution is 7.90. The number of sulfonamides is 4. The fourth-order valence-corrected chi connectivity index (χ4v) is 17.8. The molecule has 31 nitrogen and oxygen atoms in total. The quantitative estimate of drug-likeness (QED) is 0.00957. The number of carbonyl (C=O) groups is 3. The number of alkyl carbamates (subject to hydrolysis) is 1. The minimum atomic E-state index is -4.17. The SMILES string of the molecule is CC(C)(C)OC(=O)NCCOC(=O)c1cc(O)c(O)c(O)c1.CCCCCCCCN(C(=O)c1ccccc1)S(=O)(=O)c1ccc(O)c(O)c1.CCCCCCCCN(Cc1cc(O)c(C)c(O)c1)S(=O)(=O)c1ccc(O)c(O)c1.CCCCCCCCN(Cc1ccccc1)S(=O)(=O)c1ccc(O)c(O)c1.CCCCCCCCNS(=O)(=O)c1ccc(O)c(O)c1. The summed E-state index contributed by atoms with van der Waals surface area (Å²) in [4.78, 5) is 35.5. The number of hydrogen-bond donors (Lipinski definition) is 15. The normalized spacial score (nSPS) is 11.5. The molecule has 0 radical (unpaired) electrons. The Bertz CT molecular complexity index is 5150. The molecule has 0 saturated carbocycles. The molecular weight excluding hydrogens is 1720 g/mol. The molecule has 8 aromatic carbocycles. The molecule has 0 atom stereocenters. The topological polar surface area (TPSA) is 503 Å². The molecule has 0 aromatic heterocycles. The molecular formula is C92H129N5O26S4. The van der Waals surface area contributed by atoms with Gasteiger partial charge < -0.3 is 81.2 Å². The third-order valence-electron chi connectivity index (χ3n) is 19.6. The lowest BCUT2D eigenvalue weighted by Gasteiger charge is -2.23. The predicted octanol–water partition coefficient (Wildman–Crippen LogP) is 17.5. The number of phenolic OH excluding ortho intramolecular Hbond substituents is 13. The maximum Gasteiger partial charge on any atom is 0.407 e. The van der Waals surface area contributed by atoms with E-state index in [1.807, 2.05) is 30.3 Å². The number of amides is 2. The van der Waals surface area contributed by atoms with Crippen LogP contribution in [-0.4, -0.2) is 176 Å². The zero-order chi connectivity index (χ0) is 94.5. The maximum absolute atomic E-state index is 13.2. The molecule has 35 heteroatoms. The Morgan fingerprint density at radius 1 is 0.354 bits per heavy atom. The van der Waals surface area contributed by atoms with Gasteiger partial charge >= 0.3 is 12.1 Å². The van der Waals surface area contributed by atoms with Gasteiger partial charge in [0, 0.05) is 74.7 Å². The fraction of sp³-hybridized carbons (Fsp3) is 0.446. The average molecular weight is 1850 g/mol. The maximum atomic E-state index is 13.2. The van der Waals surface area contributed by atoms with E-state index in [2.05, 4.69) is 37.7 Å². The molecule has 2 amide bonds. The van der Waals surface area contributed by atoms with Crippen LogP contribution in [0.5, 0.6) is 74.7 Å². The van der Waals surface area contributed by atoms with Gasteiger partial charge in [-0.3, -0.25) is 4.79 Å². The van der Waals surface area contributed by atoms with E-state index >= 15 is 0 Å². The number of ether oxygens (including phenoxy) is 2. The molecule has 0 fully saturated rings. The van der Waals surface area contributed by atoms with Crippen molar-refractivity contribution in [3.63, 3.8) is 0 Å². The number of carbonyl (C=O) groups excluding carboxylic acids is 3. The van der Waals surface area contributed by atoms with Gasteiger partial charge in [-0.05, 0) is 149 Å². The van der Waals surface area contributed by atoms with Crippen molar-refractivity contribution < 1.29 is 124 Å². The largest absolute Gasteiger partial charge is 0.508 e. The molecule has 127 heavy (non-hydrogen) atoms. The molecule has 0 aliphatic carbocycles. The Morgan fingerprint density at radius 3 is 1.11 bits per heavy atom. The van der Waals surface area contributed by atoms with E-state index in [9.17, 15) is 104 Å². The van der Waals surface area contributed by atoms with Crippen molar-refractivity contribution in [3.05, 3.63) is 186 Å². The predicted molar refractivity (Wildman–Crippen MR) is 485 cm³/mol. The number of rotatable bonds is 45. The number of phenols is 13. The number of nitrogens with zero attached hydrogens (tertiary/aromatic N) is 3. The van der Waals surface area contributed by atoms with E-state index in [1.165, 1.54) is 89.6 Å². The van der Waals surface area contributed by atoms with Crippen LogP contribution in [0, 0.1) is 6.92 Å². The van der Waals surface area contributed by atoms with E-state index in [0.29, 0.717) is 37.1 Å². The lowest BCUT2D eigenvalue weighted by atomic mass is 10.1. The second kappa shape index (κ2) is 54.9. The molecule has 8 aromatic rings. The monoisotopic (exact) mass is 1850 g/mol. The van der Waals surface area contributed by atoms with Gasteiger partial charge in [-0.1, -0.05) is 205 Å². The molecule has 0 heterocycles. The van der Waals surface area contributed by atoms with Gasteiger partial charge in [0.1, 0.15) is 23.7 Å². The highest BCUT2D eigenvalue weighted by atomic mass is 32.2. The number of hydrogen-bond acceptors (Lipinski definition) is 26. The summed E-state index contributed by atoms with van der Waals surface area (Å²) in [5, 5.41) is 126. The van der Waals surface area contributed by atoms with Crippen molar-refractivity contribution >= 4 is 58.1 Å². The summed E-state index contributed by atoms with van der Waals surface area (Å²) in [6.07, 6.45) is 24.0. The first-order chi connectivity index (χ1) is 60.1. The van der Waals surface area contributed by atoms with Gasteiger partial charge in [-0.2, -0.15) is 8.61 Å². The Hall–Kier alpha value is -11.0. The first kappa shape index (κ1) is 108. The van der Waals surface area contributed by atoms with Gasteiger partial charge in [0.15, 0.2) is 63.2 Å². The standard InChI is InChI=1S/C22H31NO6S.C21H27NO5S.C21H29NO4S.C14H19NO7.C14H23NO4S/c1-3-4-5-6-7-8-11-23(15-17-12-20(25)16(2)21(26)13-17)30(28,29)18-9-10-19(24)22(27)14-18;1-2-3-4-5-6-10-15-22(21(25)17-11-8-7-9-12-17)28(26,27)18-13-14-19(23)20(24)16-18;1-2-3-4-5-6-10-15-22(17-18-11-8-7-9-12-18)27(25,26)19-13-14-20(23)21(24)16-19;1-14(2,3)22-13(20)15-4-5-21-12(19)8-6-9(16)11(18)10(17)7-8;1-2-3-4-5-6-7-10-15-20(18,19)12-8-9-13(16)14(17)11-12/h9-10,12-14,24-27H,3-8,11,15H2,1-2H3;7-9,11-14,16,23-24H,2-6,10,15H2,1H3;7-9,11-14,16,23-24H,2-6,10,15,17H2,1H3;6-7,16-18H,4-5H2,1-3H3,(H,15,20);8-9,11,15-17H,2-7,10H2,1H3. The van der Waals surface area contributed by atoms with Gasteiger partial charge in [0.2, 0.25) is 30.1 Å². The van der Waals surface area contributed by atoms with E-state index in [0.717, 1.165) is 167 Å². The van der Waals surface area contributed by atoms with Crippen LogP contribution in [0.1, 0.15) is 240 Å². The number of esters is 1. The summed E-state index contributed by atoms with van der Waals surface area (Å²) in [6, 6.07) is 36.2. The smallest absolute Gasteiger partial charge is 0.407 e. The van der Waals surface area contributed by atoms with Crippen LogP contribution < -0.4 is 10.0 Å². The number of aromatic hydroxyl groups is 13. The summed E-state index contributed by atoms with van der Waals surface area (Å²) < 4.78 is 119. The minimum absolute atomic E-state index is 0.0142. The highest BCUT2D eigenvalue weighted by Gasteiger charge is 2.32. The van der Waals surface area contributed by atoms with E-state index in [-0.39, 0.29) is 93.0 Å². The molecule has 15 N–H and O–H groups in total. The zero-order valence-electron chi connectivity index (χ0n) is 73.7. The molecule has 0 aliphatic rings. The van der Waals surface area contributed by atoms with E-state index in [1.54, 1.807) is 58.0 Å². The molecule has 702 valence electrons. The molecule has 0 aliphatic heterocycles. The van der Waals surface area contributed by atoms with Crippen molar-refractivity contribution in [1.29, 1.82) is 0 Å². The molecule has 0 spiro atoms. The lowest BCUT2D eigenvalue weighted by Crippen LogP contribution is -2.37. The molecule has 8 rings (SSSR count). The number of nitrogens with one attached hydrogen (secondary N) is 2. The fourth-order valence-electron chi connectivity index (χ4n) is 12.3. The molecule has 0 unspecified atom stereocenters. The Kier molecular flexibility index (Phi) is 46.9. The van der Waals surface area contributed by atoms with Crippen LogP contribution in [0.15, 0.2) is 177 Å². The molecule has 0 saturated heterocycles. The van der Waals surface area contributed by atoms with Gasteiger partial charge in [-0.15, -0.1) is 0 Å². The number of unbranched alkanes of at least 4 members (excludes halogenated alkanes) is 20. The van der Waals surface area contributed by atoms with Crippen LogP contribution >= 0.6 is 0 Å². The zero-order valence-corrected chi connectivity index (χ0v) is 77.0. The average Bonchev–Trinajstić information content (AvgIpc) is 0.790. The van der Waals surface area contributed by atoms with E-state index < -0.39 is 115 Å². The Balaban J connectivity index is 0.000000335. The van der Waals surface area contributed by atoms with Crippen molar-refractivity contribution in [1.82, 2.24) is 23.0 Å². The van der Waals surface area contributed by atoms with Crippen LogP contribution in [0.25, 0.3) is 0 Å². The minimum Gasteiger partial charge on any atom is -0.508 e. The third-order valence-corrected chi connectivity index (χ3v) is 26.5. The van der Waals surface area contributed by atoms with Crippen LogP contribution in [0.4, 0.5) is 4.79 Å². The van der Waals surface area contributed by atoms with Gasteiger partial charge in [0.05, 0.1) is 31.7 Å². The summed E-state index contributed by atoms with van der Waals surface area (Å²) in [5.41, 5.74) is 1.21. The van der Waals surface area contributed by atoms with Crippen molar-refractivity contribution in [2.24, 2.45) is 0 Å². The number of benzene rings is 8. The second-order valence-electron chi connectivity index (χ2n) is 31.2. The van der Waals surface area contributed by atoms with Crippen LogP contribution in [-0.2, 0) is 62.7 Å². The first-order valence-corrected chi connectivity index (χ1v) is 48.5. The first-order valence-electron chi connectivity index (χ1n) is 42.7. The third kappa shape index (κ3) is 37.9. The van der Waals surface area contributed by atoms with Crippen LogP contribution in [0.2, 0.25) is 0 Å². The summed E-state index contributed by atoms with van der Waals surface area (Å²) in [7, 11) is -15.5. The summed E-state index contributed by atoms with van der Waals surface area (Å²) in [6.45, 7) is 16.6. The van der Waals surface area contributed by atoms with E-state index in [4.69, 9.17) is 19.7 Å².